The lowest BCUT2D eigenvalue weighted by Gasteiger charge is -2.12. The van der Waals surface area contributed by atoms with Crippen molar-refractivity contribution in [3.63, 3.8) is 0 Å². The number of halogens is 4. The molecule has 0 aromatic heterocycles. The minimum Gasteiger partial charge on any atom is -0.274 e. The molecule has 0 aromatic carbocycles. The Morgan fingerprint density at radius 1 is 1.00 bits per heavy atom. The molecule has 0 aromatic rings. The van der Waals surface area contributed by atoms with E-state index in [-0.39, 0.29) is 0 Å². The first-order valence-corrected chi connectivity index (χ1v) is 3.66. The van der Waals surface area contributed by atoms with Crippen LogP contribution in [0.4, 0.5) is 22.4 Å². The highest BCUT2D eigenvalue weighted by Gasteiger charge is 2.66. The zero-order valence-corrected chi connectivity index (χ0v) is 5.87. The Hall–Kier alpha value is 0.0900. The van der Waals surface area contributed by atoms with E-state index >= 15 is 0 Å². The van der Waals surface area contributed by atoms with Gasteiger partial charge in [0.1, 0.15) is 0 Å². The summed E-state index contributed by atoms with van der Waals surface area (Å²) >= 11 is -1.26. The molecular weight excluding hydrogens is 192 g/mol. The van der Waals surface area contributed by atoms with E-state index in [1.54, 1.807) is 0 Å². The molecule has 0 N–H and O–H groups in total. The molecule has 0 unspecified atom stereocenters. The monoisotopic (exact) mass is 192 g/mol. The minimum atomic E-state index is -4.24. The molecule has 7 heteroatoms. The highest BCUT2D eigenvalue weighted by atomic mass is 32.2. The number of alkyl halides is 4. The fourth-order valence-corrected chi connectivity index (χ4v) is 2.05. The van der Waals surface area contributed by atoms with Crippen LogP contribution >= 0.6 is 23.5 Å². The van der Waals surface area contributed by atoms with Gasteiger partial charge in [-0.2, -0.15) is 17.6 Å². The van der Waals surface area contributed by atoms with Crippen molar-refractivity contribution in [3.05, 3.63) is 0 Å². The lowest BCUT2D eigenvalue weighted by Crippen LogP contribution is -2.28. The highest BCUT2D eigenvalue weighted by molar-refractivity contribution is 8.42. The molecule has 1 saturated heterocycles. The summed E-state index contributed by atoms with van der Waals surface area (Å²) in [5, 5.41) is -8.48. The topological polar surface area (TPSA) is 17.1 Å². The molecule has 1 nitrogen and oxygen atoms in total. The van der Waals surface area contributed by atoms with Crippen molar-refractivity contribution in [1.82, 2.24) is 0 Å². The summed E-state index contributed by atoms with van der Waals surface area (Å²) in [5.74, 6) is 0. The second-order valence-corrected chi connectivity index (χ2v) is 3.92. The van der Waals surface area contributed by atoms with Crippen molar-refractivity contribution in [2.24, 2.45) is 0 Å². The van der Waals surface area contributed by atoms with Crippen molar-refractivity contribution in [1.29, 1.82) is 0 Å². The van der Waals surface area contributed by atoms with Crippen LogP contribution in [0.15, 0.2) is 0 Å². The van der Waals surface area contributed by atoms with Crippen molar-refractivity contribution < 1.29 is 22.4 Å². The van der Waals surface area contributed by atoms with Gasteiger partial charge in [0.25, 0.3) is 4.45 Å². The van der Waals surface area contributed by atoms with E-state index in [4.69, 9.17) is 0 Å². The van der Waals surface area contributed by atoms with Crippen LogP contribution in [0.5, 0.6) is 0 Å². The maximum Gasteiger partial charge on any atom is 0.374 e. The summed E-state index contributed by atoms with van der Waals surface area (Å²) < 4.78 is 46.5. The van der Waals surface area contributed by atoms with E-state index in [1.807, 2.05) is 0 Å². The van der Waals surface area contributed by atoms with Crippen LogP contribution in [0, 0.1) is 0 Å². The van der Waals surface area contributed by atoms with Gasteiger partial charge in [-0.25, -0.2) is 0 Å². The Bertz CT molecular complexity index is 161. The van der Waals surface area contributed by atoms with E-state index in [1.165, 1.54) is 0 Å². The number of hydrogen-bond acceptors (Lipinski definition) is 3. The fourth-order valence-electron chi connectivity index (χ4n) is 0.349. The molecule has 1 heterocycles. The quantitative estimate of drug-likeness (QED) is 0.549. The van der Waals surface area contributed by atoms with E-state index in [2.05, 4.69) is 0 Å². The Balaban J connectivity index is 2.88. The minimum absolute atomic E-state index is 0.630. The van der Waals surface area contributed by atoms with Crippen molar-refractivity contribution in [2.45, 2.75) is 10.5 Å². The molecule has 10 heavy (non-hydrogen) atoms. The van der Waals surface area contributed by atoms with E-state index in [9.17, 15) is 22.4 Å². The van der Waals surface area contributed by atoms with Crippen molar-refractivity contribution >= 4 is 28.0 Å². The largest absolute Gasteiger partial charge is 0.374 e. The van der Waals surface area contributed by atoms with E-state index in [0.717, 1.165) is 0 Å². The maximum atomic E-state index is 11.9. The Morgan fingerprint density at radius 3 is 1.40 bits per heavy atom. The standard InChI is InChI=1S/C3F4OS2/c4-2(5)3(6,7)10-1(8)9-2. The molecular formula is C3F4OS2. The highest BCUT2D eigenvalue weighted by Crippen LogP contribution is 2.58. The van der Waals surface area contributed by atoms with E-state index in [0.29, 0.717) is 0 Å². The normalized spacial score (nSPS) is 29.0. The van der Waals surface area contributed by atoms with Gasteiger partial charge in [0.2, 0.25) is 0 Å². The summed E-state index contributed by atoms with van der Waals surface area (Å²) in [5.41, 5.74) is 0. The molecule has 0 bridgehead atoms. The number of thioether (sulfide) groups is 2. The number of carbonyl (C=O) groups excluding carboxylic acids is 1. The number of hydrogen-bond donors (Lipinski definition) is 0. The predicted octanol–water partition coefficient (Wildman–Crippen LogP) is 2.77. The van der Waals surface area contributed by atoms with Gasteiger partial charge in [-0.15, -0.1) is 0 Å². The van der Waals surface area contributed by atoms with E-state index < -0.39 is 38.5 Å². The van der Waals surface area contributed by atoms with Crippen LogP contribution < -0.4 is 0 Å². The SMILES string of the molecule is O=C1SC(F)(F)C(F)(F)S1. The van der Waals surface area contributed by atoms with Crippen molar-refractivity contribution in [3.8, 4) is 0 Å². The summed E-state index contributed by atoms with van der Waals surface area (Å²) in [6, 6.07) is 0. The Labute approximate surface area is 61.5 Å². The van der Waals surface area contributed by atoms with Crippen LogP contribution in [0.25, 0.3) is 0 Å². The molecule has 1 rings (SSSR count). The molecule has 0 atom stereocenters. The first-order chi connectivity index (χ1) is 4.35. The Kier molecular flexibility index (Phi) is 1.67. The number of carbonyl (C=O) groups is 1. The van der Waals surface area contributed by atoms with Gasteiger partial charge in [-0.1, -0.05) is 0 Å². The molecule has 1 fully saturated rings. The zero-order chi connectivity index (χ0) is 7.99. The van der Waals surface area contributed by atoms with Crippen LogP contribution in [0.3, 0.4) is 0 Å². The number of rotatable bonds is 0. The van der Waals surface area contributed by atoms with Gasteiger partial charge >= 0.3 is 10.5 Å². The average molecular weight is 192 g/mol. The smallest absolute Gasteiger partial charge is 0.274 e. The molecule has 0 saturated carbocycles. The molecule has 1 aliphatic heterocycles. The molecule has 0 amide bonds. The van der Waals surface area contributed by atoms with Crippen LogP contribution in [0.2, 0.25) is 0 Å². The fraction of sp³-hybridized carbons (Fsp3) is 0.667. The van der Waals surface area contributed by atoms with Gasteiger partial charge in [0, 0.05) is 23.5 Å². The lowest BCUT2D eigenvalue weighted by atomic mass is 10.7. The molecule has 0 radical (unpaired) electrons. The third-order valence-electron chi connectivity index (χ3n) is 0.762. The zero-order valence-electron chi connectivity index (χ0n) is 4.24. The molecule has 0 spiro atoms. The second-order valence-electron chi connectivity index (χ2n) is 1.49. The first kappa shape index (κ1) is 8.19. The third kappa shape index (κ3) is 1.12. The molecule has 58 valence electrons. The van der Waals surface area contributed by atoms with Gasteiger partial charge in [-0.05, 0) is 0 Å². The van der Waals surface area contributed by atoms with Gasteiger partial charge in [0.15, 0.2) is 0 Å². The maximum absolute atomic E-state index is 11.9. The summed E-state index contributed by atoms with van der Waals surface area (Å²) in [6.07, 6.45) is 0. The molecule has 1 aliphatic rings. The summed E-state index contributed by atoms with van der Waals surface area (Å²) in [6.45, 7) is 0. The van der Waals surface area contributed by atoms with Crippen LogP contribution in [-0.4, -0.2) is 15.0 Å². The first-order valence-electron chi connectivity index (χ1n) is 2.03. The third-order valence-corrected chi connectivity index (χ3v) is 2.75. The van der Waals surface area contributed by atoms with Crippen molar-refractivity contribution in [2.75, 3.05) is 0 Å². The summed E-state index contributed by atoms with van der Waals surface area (Å²) in [7, 11) is 0. The average Bonchev–Trinajstić information content (AvgIpc) is 1.73. The Morgan fingerprint density at radius 2 is 1.30 bits per heavy atom. The van der Waals surface area contributed by atoms with Gasteiger partial charge in [-0.3, -0.25) is 4.79 Å². The predicted molar refractivity (Wildman–Crippen MR) is 30.5 cm³/mol. The van der Waals surface area contributed by atoms with Crippen LogP contribution in [0.1, 0.15) is 0 Å². The molecule has 0 aliphatic carbocycles. The lowest BCUT2D eigenvalue weighted by molar-refractivity contribution is -0.0803. The summed E-state index contributed by atoms with van der Waals surface area (Å²) in [4.78, 5) is 10.0. The second kappa shape index (κ2) is 2.04. The van der Waals surface area contributed by atoms with Gasteiger partial charge < -0.3 is 0 Å². The van der Waals surface area contributed by atoms with Crippen LogP contribution in [-0.2, 0) is 0 Å². The van der Waals surface area contributed by atoms with Gasteiger partial charge in [0.05, 0.1) is 0 Å².